The van der Waals surface area contributed by atoms with Gasteiger partial charge in [0.25, 0.3) is 0 Å². The van der Waals surface area contributed by atoms with E-state index in [1.54, 1.807) is 6.07 Å². The minimum Gasteiger partial charge on any atom is -0.351 e. The first kappa shape index (κ1) is 9.21. The van der Waals surface area contributed by atoms with Gasteiger partial charge in [-0.15, -0.1) is 0 Å². The molecule has 2 rings (SSSR count). The lowest BCUT2D eigenvalue weighted by Crippen LogP contribution is -2.07. The van der Waals surface area contributed by atoms with Crippen molar-refractivity contribution in [2.24, 2.45) is 12.8 Å². The summed E-state index contributed by atoms with van der Waals surface area (Å²) in [5, 5.41) is 1.13. The molecule has 1 atom stereocenters. The maximum absolute atomic E-state index is 13.3. The number of fused-ring (bicyclic) bond motifs is 1. The van der Waals surface area contributed by atoms with Gasteiger partial charge < -0.3 is 10.3 Å². The van der Waals surface area contributed by atoms with Crippen LogP contribution in [0.15, 0.2) is 30.5 Å². The lowest BCUT2D eigenvalue weighted by molar-refractivity contribution is 0.353. The van der Waals surface area contributed by atoms with Crippen LogP contribution in [-0.4, -0.2) is 11.1 Å². The third kappa shape index (κ3) is 1.40. The van der Waals surface area contributed by atoms with Gasteiger partial charge in [-0.2, -0.15) is 0 Å². The molecule has 14 heavy (non-hydrogen) atoms. The molecule has 0 aliphatic carbocycles. The van der Waals surface area contributed by atoms with E-state index in [0.717, 1.165) is 10.9 Å². The van der Waals surface area contributed by atoms with Gasteiger partial charge in [0.05, 0.1) is 0 Å². The lowest BCUT2D eigenvalue weighted by Gasteiger charge is -2.06. The van der Waals surface area contributed by atoms with Crippen molar-refractivity contribution in [3.05, 3.63) is 36.0 Å². The zero-order valence-electron chi connectivity index (χ0n) is 8.07. The summed E-state index contributed by atoms with van der Waals surface area (Å²) in [5.74, 6) is 0. The third-order valence-electron chi connectivity index (χ3n) is 2.48. The van der Waals surface area contributed by atoms with E-state index in [1.807, 2.05) is 36.0 Å². The first-order valence-corrected chi connectivity index (χ1v) is 4.61. The Morgan fingerprint density at radius 2 is 2.21 bits per heavy atom. The Hall–Kier alpha value is -1.35. The SMILES string of the molecule is Cn1ccc2ccc(C(F)CN)cc21. The molecule has 0 saturated heterocycles. The zero-order valence-corrected chi connectivity index (χ0v) is 8.07. The maximum Gasteiger partial charge on any atom is 0.137 e. The minimum absolute atomic E-state index is 0.0376. The third-order valence-corrected chi connectivity index (χ3v) is 2.48. The van der Waals surface area contributed by atoms with E-state index >= 15 is 0 Å². The predicted octanol–water partition coefficient (Wildman–Crippen LogP) is 2.15. The highest BCUT2D eigenvalue weighted by atomic mass is 19.1. The Labute approximate surface area is 82.1 Å². The van der Waals surface area contributed by atoms with Crippen molar-refractivity contribution < 1.29 is 4.39 Å². The Bertz CT molecular complexity index is 447. The topological polar surface area (TPSA) is 30.9 Å². The molecule has 1 heterocycles. The van der Waals surface area contributed by atoms with Gasteiger partial charge >= 0.3 is 0 Å². The number of aromatic nitrogens is 1. The van der Waals surface area contributed by atoms with Crippen LogP contribution in [0.5, 0.6) is 0 Å². The summed E-state index contributed by atoms with van der Waals surface area (Å²) in [6.07, 6.45) is 0.902. The minimum atomic E-state index is -1.06. The van der Waals surface area contributed by atoms with E-state index in [2.05, 4.69) is 0 Å². The highest BCUT2D eigenvalue weighted by Crippen LogP contribution is 2.22. The van der Waals surface area contributed by atoms with E-state index in [0.29, 0.717) is 5.56 Å². The second-order valence-electron chi connectivity index (χ2n) is 3.45. The number of halogens is 1. The fourth-order valence-electron chi connectivity index (χ4n) is 1.61. The molecular formula is C11H13FN2. The van der Waals surface area contributed by atoms with Crippen LogP contribution < -0.4 is 5.73 Å². The quantitative estimate of drug-likeness (QED) is 0.776. The Morgan fingerprint density at radius 1 is 1.43 bits per heavy atom. The summed E-state index contributed by atoms with van der Waals surface area (Å²) >= 11 is 0. The van der Waals surface area contributed by atoms with Crippen molar-refractivity contribution >= 4 is 10.9 Å². The smallest absolute Gasteiger partial charge is 0.137 e. The van der Waals surface area contributed by atoms with E-state index in [-0.39, 0.29) is 6.54 Å². The van der Waals surface area contributed by atoms with Crippen LogP contribution in [0.25, 0.3) is 10.9 Å². The molecule has 2 N–H and O–H groups in total. The second kappa shape index (κ2) is 3.42. The van der Waals surface area contributed by atoms with Crippen molar-refractivity contribution in [2.45, 2.75) is 6.17 Å². The molecule has 2 aromatic rings. The molecule has 2 nitrogen and oxygen atoms in total. The molecule has 0 bridgehead atoms. The summed E-state index contributed by atoms with van der Waals surface area (Å²) in [7, 11) is 1.95. The van der Waals surface area contributed by atoms with Crippen molar-refractivity contribution in [3.63, 3.8) is 0 Å². The number of nitrogens with two attached hydrogens (primary N) is 1. The first-order valence-electron chi connectivity index (χ1n) is 4.61. The summed E-state index contributed by atoms with van der Waals surface area (Å²) in [6.45, 7) is 0.0376. The van der Waals surface area contributed by atoms with Crippen LogP contribution in [0, 0.1) is 0 Å². The summed E-state index contributed by atoms with van der Waals surface area (Å²) in [5.41, 5.74) is 6.97. The molecular weight excluding hydrogens is 179 g/mol. The molecule has 3 heteroatoms. The Balaban J connectivity index is 2.54. The normalized spacial score (nSPS) is 13.4. The highest BCUT2D eigenvalue weighted by molar-refractivity contribution is 5.80. The van der Waals surface area contributed by atoms with E-state index in [1.165, 1.54) is 0 Å². The van der Waals surface area contributed by atoms with Gasteiger partial charge in [-0.1, -0.05) is 12.1 Å². The summed E-state index contributed by atoms with van der Waals surface area (Å²) < 4.78 is 15.3. The molecule has 0 saturated carbocycles. The van der Waals surface area contributed by atoms with Gasteiger partial charge in [-0.25, -0.2) is 4.39 Å². The molecule has 1 aromatic carbocycles. The molecule has 1 unspecified atom stereocenters. The number of aryl methyl sites for hydroxylation is 1. The number of hydrogen-bond acceptors (Lipinski definition) is 1. The van der Waals surface area contributed by atoms with Crippen LogP contribution in [-0.2, 0) is 7.05 Å². The standard InChI is InChI=1S/C11H13FN2/c1-14-5-4-8-2-3-9(6-11(8)14)10(12)7-13/h2-6,10H,7,13H2,1H3. The van der Waals surface area contributed by atoms with Crippen molar-refractivity contribution in [1.82, 2.24) is 4.57 Å². The maximum atomic E-state index is 13.3. The summed E-state index contributed by atoms with van der Waals surface area (Å²) in [4.78, 5) is 0. The van der Waals surface area contributed by atoms with E-state index in [9.17, 15) is 4.39 Å². The lowest BCUT2D eigenvalue weighted by atomic mass is 10.1. The van der Waals surface area contributed by atoms with Gasteiger partial charge in [0, 0.05) is 25.3 Å². The van der Waals surface area contributed by atoms with Crippen molar-refractivity contribution in [1.29, 1.82) is 0 Å². The van der Waals surface area contributed by atoms with Gasteiger partial charge in [-0.3, -0.25) is 0 Å². The fraction of sp³-hybridized carbons (Fsp3) is 0.273. The fourth-order valence-corrected chi connectivity index (χ4v) is 1.61. The monoisotopic (exact) mass is 192 g/mol. The number of benzene rings is 1. The number of nitrogens with zero attached hydrogens (tertiary/aromatic N) is 1. The number of hydrogen-bond donors (Lipinski definition) is 1. The molecule has 0 amide bonds. The zero-order chi connectivity index (χ0) is 10.1. The molecule has 0 fully saturated rings. The van der Waals surface area contributed by atoms with Crippen molar-refractivity contribution in [2.75, 3.05) is 6.54 Å². The van der Waals surface area contributed by atoms with Gasteiger partial charge in [0.15, 0.2) is 0 Å². The molecule has 0 aliphatic rings. The van der Waals surface area contributed by atoms with Gasteiger partial charge in [0.1, 0.15) is 6.17 Å². The Morgan fingerprint density at radius 3 is 2.93 bits per heavy atom. The average molecular weight is 192 g/mol. The van der Waals surface area contributed by atoms with Crippen LogP contribution in [0.3, 0.4) is 0 Å². The largest absolute Gasteiger partial charge is 0.351 e. The molecule has 74 valence electrons. The molecule has 0 spiro atoms. The van der Waals surface area contributed by atoms with Crippen LogP contribution in [0.1, 0.15) is 11.7 Å². The van der Waals surface area contributed by atoms with Crippen LogP contribution >= 0.6 is 0 Å². The number of alkyl halides is 1. The molecule has 1 aromatic heterocycles. The predicted molar refractivity (Wildman–Crippen MR) is 55.8 cm³/mol. The molecule has 0 radical (unpaired) electrons. The van der Waals surface area contributed by atoms with E-state index < -0.39 is 6.17 Å². The molecule has 0 aliphatic heterocycles. The second-order valence-corrected chi connectivity index (χ2v) is 3.45. The average Bonchev–Trinajstić information content (AvgIpc) is 2.59. The van der Waals surface area contributed by atoms with Gasteiger partial charge in [0.2, 0.25) is 0 Å². The van der Waals surface area contributed by atoms with E-state index in [4.69, 9.17) is 5.73 Å². The number of rotatable bonds is 2. The summed E-state index contributed by atoms with van der Waals surface area (Å²) in [6, 6.07) is 7.58. The highest BCUT2D eigenvalue weighted by Gasteiger charge is 2.08. The van der Waals surface area contributed by atoms with Gasteiger partial charge in [-0.05, 0) is 23.1 Å². The van der Waals surface area contributed by atoms with Crippen LogP contribution in [0.2, 0.25) is 0 Å². The van der Waals surface area contributed by atoms with Crippen LogP contribution in [0.4, 0.5) is 4.39 Å². The first-order chi connectivity index (χ1) is 6.72. The van der Waals surface area contributed by atoms with Crippen molar-refractivity contribution in [3.8, 4) is 0 Å². The Kier molecular flexibility index (Phi) is 2.25.